The smallest absolute Gasteiger partial charge is 0.371 e. The van der Waals surface area contributed by atoms with Crippen molar-refractivity contribution < 1.29 is 35.9 Å². The van der Waals surface area contributed by atoms with E-state index in [0.717, 1.165) is 24.7 Å². The number of ketones is 2. The Morgan fingerprint density at radius 2 is 1.62 bits per heavy atom. The fraction of sp³-hybridized carbons (Fsp3) is 0.400. The van der Waals surface area contributed by atoms with Crippen molar-refractivity contribution in [2.75, 3.05) is 36.4 Å². The predicted octanol–water partition coefficient (Wildman–Crippen LogP) is 5.30. The molecule has 1 fully saturated rings. The number of benzene rings is 2. The number of rotatable bonds is 3. The van der Waals surface area contributed by atoms with Crippen LogP contribution in [0.25, 0.3) is 4.85 Å². The van der Waals surface area contributed by atoms with Gasteiger partial charge in [-0.25, -0.2) is 4.85 Å². The average Bonchev–Trinajstić information content (AvgIpc) is 3.32. The van der Waals surface area contributed by atoms with Gasteiger partial charge in [-0.2, -0.15) is 26.3 Å². The minimum absolute atomic E-state index is 0.648. The van der Waals surface area contributed by atoms with E-state index in [1.54, 1.807) is 0 Å². The van der Waals surface area contributed by atoms with Crippen LogP contribution in [0.3, 0.4) is 0 Å². The van der Waals surface area contributed by atoms with E-state index < -0.39 is 23.9 Å². The van der Waals surface area contributed by atoms with Gasteiger partial charge in [-0.3, -0.25) is 9.59 Å². The van der Waals surface area contributed by atoms with E-state index >= 15 is 0 Å². The maximum absolute atomic E-state index is 11.2. The molecule has 2 aromatic carbocycles. The minimum Gasteiger partial charge on any atom is -0.371 e. The van der Waals surface area contributed by atoms with Crippen molar-refractivity contribution in [1.29, 1.82) is 0 Å². The van der Waals surface area contributed by atoms with Gasteiger partial charge >= 0.3 is 23.9 Å². The molecule has 37 heavy (non-hydrogen) atoms. The number of hydrogen-bond acceptors (Lipinski definition) is 5. The van der Waals surface area contributed by atoms with Crippen LogP contribution < -0.4 is 15.5 Å². The van der Waals surface area contributed by atoms with E-state index in [1.165, 1.54) is 48.4 Å². The number of nitrogens with zero attached hydrogens (tertiary/aromatic N) is 2. The summed E-state index contributed by atoms with van der Waals surface area (Å²) in [6, 6.07) is 12.4. The molecule has 3 aliphatic rings. The molecule has 0 unspecified atom stereocenters. The summed E-state index contributed by atoms with van der Waals surface area (Å²) in [5.74, 6) is -5.43. The number of halogens is 6. The van der Waals surface area contributed by atoms with E-state index in [2.05, 4.69) is 32.5 Å². The normalized spacial score (nSPS) is 20.1. The lowest BCUT2D eigenvalue weighted by atomic mass is 9.80. The van der Waals surface area contributed by atoms with Crippen molar-refractivity contribution in [2.24, 2.45) is 5.92 Å². The van der Waals surface area contributed by atoms with Crippen LogP contribution in [0.1, 0.15) is 23.5 Å². The zero-order valence-corrected chi connectivity index (χ0v) is 19.3. The molecule has 196 valence electrons. The molecule has 3 heterocycles. The third kappa shape index (κ3) is 5.72. The molecule has 2 N–H and O–H groups in total. The zero-order chi connectivity index (χ0) is 27.0. The fourth-order valence-electron chi connectivity index (χ4n) is 5.02. The summed E-state index contributed by atoms with van der Waals surface area (Å²) in [6.45, 7) is 11.7. The number of alkyl halides is 6. The monoisotopic (exact) mass is 524 g/mol. The van der Waals surface area contributed by atoms with Gasteiger partial charge in [0.25, 0.3) is 0 Å². The first-order valence-corrected chi connectivity index (χ1v) is 11.5. The van der Waals surface area contributed by atoms with Crippen LogP contribution in [0, 0.1) is 12.5 Å². The highest BCUT2D eigenvalue weighted by atomic mass is 19.4. The van der Waals surface area contributed by atoms with Gasteiger partial charge in [-0.05, 0) is 54.2 Å². The standard InChI is InChI=1S/C21H22N4.C4F6O2/c1-22-16-4-6-17(7-5-16)24-18-9-14-3-2-8-25-13-15-11-23-12-20(15)19(10-18)21(14)25;5-3(6,7)1(11)2(12)4(8,9)10/h4-7,9-10,15,20,23-24H,2-3,8,11-13H2;/t15-,20-;/m1./s1. The fourth-order valence-corrected chi connectivity index (χ4v) is 5.02. The maximum Gasteiger partial charge on any atom is 0.458 e. The number of Topliss-reactive ketones (excluding diaryl/α,β-unsaturated/α-hetero) is 2. The molecule has 2 atom stereocenters. The summed E-state index contributed by atoms with van der Waals surface area (Å²) < 4.78 is 67.0. The molecule has 2 aromatic rings. The SMILES string of the molecule is O=C(C(=O)C(F)(F)F)C(F)(F)F.[C-]#[N+]c1ccc(Nc2cc3c4c(c2)[C@@H]2CNC[C@@H]2CN4CCC3)cc1. The lowest BCUT2D eigenvalue weighted by Gasteiger charge is -2.42. The summed E-state index contributed by atoms with van der Waals surface area (Å²) in [5, 5.41) is 7.15. The highest BCUT2D eigenvalue weighted by Crippen LogP contribution is 2.46. The van der Waals surface area contributed by atoms with Crippen LogP contribution >= 0.6 is 0 Å². The zero-order valence-electron chi connectivity index (χ0n) is 19.3. The lowest BCUT2D eigenvalue weighted by Crippen LogP contribution is -2.40. The quantitative estimate of drug-likeness (QED) is 0.324. The lowest BCUT2D eigenvalue weighted by molar-refractivity contribution is -0.193. The van der Waals surface area contributed by atoms with Crippen molar-refractivity contribution in [2.45, 2.75) is 31.1 Å². The Bertz CT molecular complexity index is 1210. The average molecular weight is 524 g/mol. The Balaban J connectivity index is 0.000000229. The highest BCUT2D eigenvalue weighted by molar-refractivity contribution is 6.41. The Labute approximate surface area is 208 Å². The summed E-state index contributed by atoms with van der Waals surface area (Å²) in [5.41, 5.74) is 7.45. The summed E-state index contributed by atoms with van der Waals surface area (Å²) >= 11 is 0. The molecule has 0 aromatic heterocycles. The number of carbonyl (C=O) groups is 2. The van der Waals surface area contributed by atoms with Gasteiger partial charge in [0.15, 0.2) is 5.69 Å². The number of nitrogens with one attached hydrogen (secondary N) is 2. The van der Waals surface area contributed by atoms with Gasteiger partial charge < -0.3 is 15.5 Å². The van der Waals surface area contributed by atoms with E-state index in [-0.39, 0.29) is 0 Å². The largest absolute Gasteiger partial charge is 0.458 e. The molecule has 5 rings (SSSR count). The second kappa shape index (κ2) is 10.0. The Hall–Kier alpha value is -3.59. The van der Waals surface area contributed by atoms with Crippen molar-refractivity contribution in [3.05, 3.63) is 58.9 Å². The van der Waals surface area contributed by atoms with E-state index in [9.17, 15) is 35.9 Å². The first kappa shape index (κ1) is 26.5. The Morgan fingerprint density at radius 3 is 2.22 bits per heavy atom. The van der Waals surface area contributed by atoms with Crippen LogP contribution in [0.15, 0.2) is 36.4 Å². The van der Waals surface area contributed by atoms with Gasteiger partial charge in [0.2, 0.25) is 0 Å². The van der Waals surface area contributed by atoms with Gasteiger partial charge in [-0.1, -0.05) is 12.1 Å². The summed E-state index contributed by atoms with van der Waals surface area (Å²) in [7, 11) is 0. The second-order valence-electron chi connectivity index (χ2n) is 9.09. The van der Waals surface area contributed by atoms with Gasteiger partial charge in [0.1, 0.15) is 0 Å². The van der Waals surface area contributed by atoms with Crippen molar-refractivity contribution >= 4 is 34.3 Å². The molecule has 0 saturated carbocycles. The van der Waals surface area contributed by atoms with Crippen molar-refractivity contribution in [3.63, 3.8) is 0 Å². The molecule has 1 saturated heterocycles. The molecular weight excluding hydrogens is 502 g/mol. The molecular formula is C25H22F6N4O2. The maximum atomic E-state index is 11.2. The molecule has 6 nitrogen and oxygen atoms in total. The van der Waals surface area contributed by atoms with Gasteiger partial charge in [0, 0.05) is 49.2 Å². The molecule has 12 heteroatoms. The minimum atomic E-state index is -5.77. The van der Waals surface area contributed by atoms with Crippen molar-refractivity contribution in [1.82, 2.24) is 5.32 Å². The Kier molecular flexibility index (Phi) is 7.19. The number of fused-ring (bicyclic) bond motifs is 2. The van der Waals surface area contributed by atoms with Crippen LogP contribution in [0.4, 0.5) is 49.1 Å². The second-order valence-corrected chi connectivity index (χ2v) is 9.09. The topological polar surface area (TPSA) is 65.8 Å². The van der Waals surface area contributed by atoms with E-state index in [0.29, 0.717) is 11.6 Å². The first-order chi connectivity index (χ1) is 17.4. The molecule has 0 bridgehead atoms. The molecule has 0 spiro atoms. The van der Waals surface area contributed by atoms with Crippen LogP contribution in [-0.4, -0.2) is 50.1 Å². The van der Waals surface area contributed by atoms with E-state index in [1.807, 2.05) is 24.3 Å². The van der Waals surface area contributed by atoms with E-state index in [4.69, 9.17) is 6.57 Å². The number of hydrogen-bond donors (Lipinski definition) is 2. The van der Waals surface area contributed by atoms with Crippen LogP contribution in [0.2, 0.25) is 0 Å². The molecule has 0 amide bonds. The summed E-state index contributed by atoms with van der Waals surface area (Å²) in [4.78, 5) is 25.3. The molecule has 3 aliphatic heterocycles. The number of carbonyl (C=O) groups excluding carboxylic acids is 2. The highest BCUT2D eigenvalue weighted by Gasteiger charge is 2.54. The molecule has 0 aliphatic carbocycles. The number of aryl methyl sites for hydroxylation is 1. The number of anilines is 3. The third-order valence-electron chi connectivity index (χ3n) is 6.61. The van der Waals surface area contributed by atoms with Crippen molar-refractivity contribution in [3.8, 4) is 0 Å². The van der Waals surface area contributed by atoms with Crippen LogP contribution in [0.5, 0.6) is 0 Å². The summed E-state index contributed by atoms with van der Waals surface area (Å²) in [6.07, 6.45) is -9.12. The van der Waals surface area contributed by atoms with Gasteiger partial charge in [0.05, 0.1) is 6.57 Å². The predicted molar refractivity (Wildman–Crippen MR) is 124 cm³/mol. The first-order valence-electron chi connectivity index (χ1n) is 11.5. The van der Waals surface area contributed by atoms with Gasteiger partial charge in [-0.15, -0.1) is 0 Å². The Morgan fingerprint density at radius 1 is 0.973 bits per heavy atom. The van der Waals surface area contributed by atoms with Crippen LogP contribution in [-0.2, 0) is 16.0 Å². The third-order valence-corrected chi connectivity index (χ3v) is 6.61. The molecule has 0 radical (unpaired) electrons.